The van der Waals surface area contributed by atoms with E-state index in [4.69, 9.17) is 0 Å². The van der Waals surface area contributed by atoms with Gasteiger partial charge in [0.1, 0.15) is 5.69 Å². The number of amides is 1. The van der Waals surface area contributed by atoms with E-state index in [9.17, 15) is 9.59 Å². The van der Waals surface area contributed by atoms with Gasteiger partial charge in [-0.05, 0) is 67.9 Å². The van der Waals surface area contributed by atoms with Crippen molar-refractivity contribution in [3.63, 3.8) is 0 Å². The van der Waals surface area contributed by atoms with Crippen LogP contribution in [0, 0.1) is 11.8 Å². The normalized spacial score (nSPS) is 29.1. The fourth-order valence-corrected chi connectivity index (χ4v) is 5.50. The Bertz CT molecular complexity index is 873. The number of carbonyl (C=O) groups is 1. The minimum absolute atomic E-state index is 0.0243. The molecule has 2 aromatic rings. The number of pyridine rings is 1. The lowest BCUT2D eigenvalue weighted by molar-refractivity contribution is 0.102. The highest BCUT2D eigenvalue weighted by atomic mass is 16.2. The average molecular weight is 334 g/mol. The van der Waals surface area contributed by atoms with E-state index in [1.807, 2.05) is 18.2 Å². The molecule has 2 fully saturated rings. The van der Waals surface area contributed by atoms with Crippen molar-refractivity contribution in [3.8, 4) is 0 Å². The van der Waals surface area contributed by atoms with Crippen molar-refractivity contribution >= 4 is 11.6 Å². The van der Waals surface area contributed by atoms with Crippen molar-refractivity contribution in [1.82, 2.24) is 4.98 Å². The molecule has 4 aliphatic carbocycles. The van der Waals surface area contributed by atoms with Gasteiger partial charge in [0.25, 0.3) is 5.91 Å². The Morgan fingerprint density at radius 1 is 0.960 bits per heavy atom. The molecule has 2 saturated carbocycles. The van der Waals surface area contributed by atoms with E-state index in [1.165, 1.54) is 19.3 Å². The summed E-state index contributed by atoms with van der Waals surface area (Å²) in [5.41, 5.74) is 3.08. The summed E-state index contributed by atoms with van der Waals surface area (Å²) in [5, 5.41) is 2.82. The zero-order valence-electron chi connectivity index (χ0n) is 14.1. The maximum absolute atomic E-state index is 13.2. The molecule has 1 heterocycles. The van der Waals surface area contributed by atoms with Gasteiger partial charge in [-0.15, -0.1) is 0 Å². The second-order valence-corrected chi connectivity index (χ2v) is 7.98. The number of H-pyrrole nitrogens is 1. The maximum atomic E-state index is 13.2. The van der Waals surface area contributed by atoms with Crippen molar-refractivity contribution in [1.29, 1.82) is 0 Å². The first-order valence-corrected chi connectivity index (χ1v) is 9.31. The Balaban J connectivity index is 1.53. The number of aromatic nitrogens is 1. The summed E-state index contributed by atoms with van der Waals surface area (Å²) in [6.45, 7) is 0. The first kappa shape index (κ1) is 14.9. The Kier molecular flexibility index (Phi) is 3.34. The third-order valence-corrected chi connectivity index (χ3v) is 6.39. The van der Waals surface area contributed by atoms with E-state index in [0.29, 0.717) is 23.1 Å². The molecular weight excluding hydrogens is 312 g/mol. The van der Waals surface area contributed by atoms with E-state index < -0.39 is 0 Å². The van der Waals surface area contributed by atoms with Crippen LogP contribution in [0.15, 0.2) is 41.3 Å². The largest absolute Gasteiger partial charge is 0.362 e. The zero-order chi connectivity index (χ0) is 17.0. The molecule has 1 aromatic carbocycles. The van der Waals surface area contributed by atoms with Gasteiger partial charge in [-0.3, -0.25) is 9.59 Å². The second-order valence-electron chi connectivity index (χ2n) is 7.98. The number of carbonyl (C=O) groups excluding carboxylic acids is 1. The lowest BCUT2D eigenvalue weighted by atomic mass is 9.67. The molecule has 2 atom stereocenters. The van der Waals surface area contributed by atoms with E-state index >= 15 is 0 Å². The molecule has 6 rings (SSSR count). The van der Waals surface area contributed by atoms with Gasteiger partial charge in [0.05, 0.1) is 0 Å². The van der Waals surface area contributed by atoms with E-state index in [0.717, 1.165) is 35.9 Å². The SMILES string of the molecule is O=C(Nc1c[nH]c2c(c1=O)C1CC3CC(CC2C3)C1)c1ccccc1. The molecule has 2 unspecified atom stereocenters. The number of anilines is 1. The lowest BCUT2D eigenvalue weighted by Gasteiger charge is -2.38. The van der Waals surface area contributed by atoms with Crippen LogP contribution in [0.1, 0.15) is 65.6 Å². The molecule has 25 heavy (non-hydrogen) atoms. The predicted molar refractivity (Wildman–Crippen MR) is 97.0 cm³/mol. The number of hydrogen-bond donors (Lipinski definition) is 2. The minimum atomic E-state index is -0.231. The van der Waals surface area contributed by atoms with Crippen molar-refractivity contribution in [3.05, 3.63) is 63.6 Å². The third-order valence-electron chi connectivity index (χ3n) is 6.39. The van der Waals surface area contributed by atoms with Crippen LogP contribution in [-0.2, 0) is 0 Å². The molecule has 1 aromatic heterocycles. The highest BCUT2D eigenvalue weighted by molar-refractivity contribution is 6.04. The molecule has 0 saturated heterocycles. The van der Waals surface area contributed by atoms with Crippen molar-refractivity contribution < 1.29 is 4.79 Å². The quantitative estimate of drug-likeness (QED) is 0.871. The van der Waals surface area contributed by atoms with Crippen LogP contribution in [0.5, 0.6) is 0 Å². The van der Waals surface area contributed by atoms with Crippen LogP contribution in [0.25, 0.3) is 0 Å². The van der Waals surface area contributed by atoms with Crippen LogP contribution >= 0.6 is 0 Å². The van der Waals surface area contributed by atoms with E-state index in [-0.39, 0.29) is 11.3 Å². The molecule has 0 aliphatic heterocycles. The Hall–Kier alpha value is -2.36. The maximum Gasteiger partial charge on any atom is 0.255 e. The van der Waals surface area contributed by atoms with Gasteiger partial charge < -0.3 is 10.3 Å². The third kappa shape index (κ3) is 2.43. The molecule has 4 heteroatoms. The molecule has 128 valence electrons. The van der Waals surface area contributed by atoms with Crippen LogP contribution in [0.3, 0.4) is 0 Å². The number of aromatic amines is 1. The smallest absolute Gasteiger partial charge is 0.255 e. The molecule has 0 radical (unpaired) electrons. The average Bonchev–Trinajstić information content (AvgIpc) is 2.79. The molecule has 4 bridgehead atoms. The Morgan fingerprint density at radius 3 is 2.36 bits per heavy atom. The summed E-state index contributed by atoms with van der Waals surface area (Å²) in [6.07, 6.45) is 7.75. The van der Waals surface area contributed by atoms with E-state index in [1.54, 1.807) is 18.3 Å². The number of benzene rings is 1. The number of hydrogen-bond acceptors (Lipinski definition) is 2. The first-order chi connectivity index (χ1) is 12.2. The first-order valence-electron chi connectivity index (χ1n) is 9.31. The van der Waals surface area contributed by atoms with Crippen molar-refractivity contribution in [2.75, 3.05) is 5.32 Å². The zero-order valence-corrected chi connectivity index (χ0v) is 14.1. The molecule has 4 nitrogen and oxygen atoms in total. The molecular formula is C21H22N2O2. The number of rotatable bonds is 2. The Morgan fingerprint density at radius 2 is 1.64 bits per heavy atom. The minimum Gasteiger partial charge on any atom is -0.362 e. The van der Waals surface area contributed by atoms with Crippen molar-refractivity contribution in [2.24, 2.45) is 11.8 Å². The summed E-state index contributed by atoms with van der Waals surface area (Å²) in [4.78, 5) is 29.0. The van der Waals surface area contributed by atoms with Crippen LogP contribution in [0.2, 0.25) is 0 Å². The fourth-order valence-electron chi connectivity index (χ4n) is 5.50. The van der Waals surface area contributed by atoms with Gasteiger partial charge in [0.2, 0.25) is 5.43 Å². The van der Waals surface area contributed by atoms with Gasteiger partial charge in [-0.2, -0.15) is 0 Å². The lowest BCUT2D eigenvalue weighted by Crippen LogP contribution is -2.27. The molecule has 2 N–H and O–H groups in total. The Labute approximate surface area is 146 Å². The van der Waals surface area contributed by atoms with Gasteiger partial charge in [-0.25, -0.2) is 0 Å². The molecule has 1 amide bonds. The summed E-state index contributed by atoms with van der Waals surface area (Å²) in [7, 11) is 0. The van der Waals surface area contributed by atoms with E-state index in [2.05, 4.69) is 10.3 Å². The second kappa shape index (κ2) is 5.58. The number of nitrogens with one attached hydrogen (secondary N) is 2. The topological polar surface area (TPSA) is 62.0 Å². The highest BCUT2D eigenvalue weighted by Crippen LogP contribution is 2.54. The van der Waals surface area contributed by atoms with Gasteiger partial charge in [0, 0.05) is 23.0 Å². The standard InChI is InChI=1S/C21H22N2O2/c24-20-17(23-21(25)14-4-2-1-3-5-14)11-22-19-16-9-12-6-13(10-16)8-15(7-12)18(19)20/h1-5,11-13,15-16H,6-10H2,(H,22,24)(H,23,25). The molecule has 0 spiro atoms. The molecule has 4 aliphatic rings. The van der Waals surface area contributed by atoms with Crippen LogP contribution in [-0.4, -0.2) is 10.9 Å². The van der Waals surface area contributed by atoms with Gasteiger partial charge in [0.15, 0.2) is 0 Å². The van der Waals surface area contributed by atoms with Crippen LogP contribution < -0.4 is 10.7 Å². The fraction of sp³-hybridized carbons (Fsp3) is 0.429. The van der Waals surface area contributed by atoms with Crippen LogP contribution in [0.4, 0.5) is 5.69 Å². The predicted octanol–water partition coefficient (Wildman–Crippen LogP) is 4.02. The summed E-state index contributed by atoms with van der Waals surface area (Å²) >= 11 is 0. The summed E-state index contributed by atoms with van der Waals surface area (Å²) in [5.74, 6) is 2.17. The van der Waals surface area contributed by atoms with Crippen molar-refractivity contribution in [2.45, 2.75) is 43.9 Å². The van der Waals surface area contributed by atoms with Gasteiger partial charge >= 0.3 is 0 Å². The summed E-state index contributed by atoms with van der Waals surface area (Å²) < 4.78 is 0. The summed E-state index contributed by atoms with van der Waals surface area (Å²) in [6, 6.07) is 9.04. The highest BCUT2D eigenvalue weighted by Gasteiger charge is 2.43. The van der Waals surface area contributed by atoms with Gasteiger partial charge in [-0.1, -0.05) is 18.2 Å². The monoisotopic (exact) mass is 334 g/mol.